The molecule has 450 valence electrons. The number of nitrogens with one attached hydrogen (secondary N) is 1. The number of esters is 1. The fraction of sp³-hybridized carbons (Fsp3) is 0.700. The van der Waals surface area contributed by atoms with Crippen molar-refractivity contribution in [2.75, 3.05) is 58.9 Å². The monoisotopic (exact) mass is 1130 g/mol. The van der Waals surface area contributed by atoms with Gasteiger partial charge in [0.15, 0.2) is 5.78 Å². The summed E-state index contributed by atoms with van der Waals surface area (Å²) >= 11 is 0. The van der Waals surface area contributed by atoms with E-state index in [0.717, 1.165) is 36.7 Å². The molecule has 81 heavy (non-hydrogen) atoms. The Balaban J connectivity index is 1.19. The molecule has 1 unspecified atom stereocenters. The number of aromatic nitrogens is 2. The topological polar surface area (TPSA) is 283 Å². The Bertz CT molecular complexity index is 2430. The molecule has 5 heterocycles. The van der Waals surface area contributed by atoms with Gasteiger partial charge in [-0.2, -0.15) is 0 Å². The first-order valence-electron chi connectivity index (χ1n) is 29.1. The van der Waals surface area contributed by atoms with Crippen LogP contribution in [0.1, 0.15) is 124 Å². The van der Waals surface area contributed by atoms with Crippen LogP contribution < -0.4 is 16.0 Å². The van der Waals surface area contributed by atoms with Crippen LogP contribution >= 0.6 is 0 Å². The molecule has 15 atom stereocenters. The molecule has 3 saturated heterocycles. The molecular weight excluding hydrogens is 1040 g/mol. The minimum Gasteiger partial charge on any atom is -0.459 e. The second-order valence-corrected chi connectivity index (χ2v) is 23.5. The van der Waals surface area contributed by atoms with Gasteiger partial charge in [0, 0.05) is 108 Å². The highest BCUT2D eigenvalue weighted by Crippen LogP contribution is 2.37. The highest BCUT2D eigenvalue weighted by molar-refractivity contribution is 6.39. The maximum atomic E-state index is 14.6. The number of aliphatic hydroxyl groups excluding tert-OH is 2. The Kier molecular flexibility index (Phi) is 24.3. The molecule has 5 aliphatic rings. The van der Waals surface area contributed by atoms with Crippen LogP contribution in [0.2, 0.25) is 0 Å². The molecular formula is C60H91N7O14. The Labute approximate surface area is 478 Å². The van der Waals surface area contributed by atoms with Crippen molar-refractivity contribution in [1.29, 1.82) is 0 Å². The lowest BCUT2D eigenvalue weighted by molar-refractivity contribution is -0.265. The number of likely N-dealkylation sites (N-methyl/N-ethyl adjacent to an activating group) is 1. The van der Waals surface area contributed by atoms with Gasteiger partial charge in [-0.05, 0) is 108 Å². The van der Waals surface area contributed by atoms with Crippen LogP contribution in [0.25, 0.3) is 0 Å². The van der Waals surface area contributed by atoms with Gasteiger partial charge in [-0.1, -0.05) is 64.2 Å². The highest BCUT2D eigenvalue weighted by atomic mass is 16.6. The zero-order valence-corrected chi connectivity index (χ0v) is 49.1. The van der Waals surface area contributed by atoms with Crippen LogP contribution in [0.4, 0.5) is 10.7 Å². The normalized spacial score (nSPS) is 36.0. The first-order valence-corrected chi connectivity index (χ1v) is 29.1. The first kappa shape index (κ1) is 64.9. The molecule has 6 N–H and O–H groups in total. The van der Waals surface area contributed by atoms with Crippen molar-refractivity contribution in [2.45, 2.75) is 186 Å². The van der Waals surface area contributed by atoms with E-state index in [4.69, 9.17) is 29.4 Å². The standard InChI is InChI=1S/C60H91N7O14/c1-36-15-11-10-12-16-37(2)49(77-8)31-44-20-18-41(6)60(76,81-44)55(72)56(73)67-22-14-13-17-46(67)57(74)79-50(32-47(68)38(3)28-40(5)53(70)54(71)52(69)39(4)27-36)45(61)29-42-19-21-48(51(30-42)78-9)80-59(75)64-35-43-33-62-58(63-34-43)66-25-23-65(7)24-26-66/h10-12,15-16,28,33-34,36,38-39,41-42,44-46,48-51,53-54,70-71,76H,13-14,17-27,29-32,35,61H2,1-9H3,(H,64,75)/b12-10+,15-11+,37-16+,40-28+/t36-,38-,39?,41-,42+,44+,45-,46+,48-,49+,50+,51-,53-,54+,60-/m1/s1. The third-order valence-corrected chi connectivity index (χ3v) is 17.1. The van der Waals surface area contributed by atoms with Crippen LogP contribution in [-0.2, 0) is 54.2 Å². The summed E-state index contributed by atoms with van der Waals surface area (Å²) in [6.45, 7) is 13.9. The van der Waals surface area contributed by atoms with E-state index in [1.807, 2.05) is 44.2 Å². The van der Waals surface area contributed by atoms with Gasteiger partial charge < -0.3 is 64.8 Å². The minimum absolute atomic E-state index is 0.0161. The van der Waals surface area contributed by atoms with Gasteiger partial charge in [-0.25, -0.2) is 19.6 Å². The van der Waals surface area contributed by atoms with Crippen LogP contribution in [0.15, 0.2) is 60.0 Å². The Hall–Kier alpha value is -5.26. The lowest BCUT2D eigenvalue weighted by atomic mass is 9.80. The van der Waals surface area contributed by atoms with Crippen molar-refractivity contribution in [3.8, 4) is 0 Å². The van der Waals surface area contributed by atoms with Crippen LogP contribution in [0, 0.1) is 29.6 Å². The minimum atomic E-state index is -2.49. The van der Waals surface area contributed by atoms with E-state index in [9.17, 15) is 44.1 Å². The first-order chi connectivity index (χ1) is 38.5. The molecule has 21 heteroatoms. The van der Waals surface area contributed by atoms with E-state index in [-0.39, 0.29) is 56.2 Å². The number of amides is 2. The number of ether oxygens (including phenoxy) is 5. The number of carbonyl (C=O) groups is 6. The van der Waals surface area contributed by atoms with Crippen LogP contribution in [0.5, 0.6) is 0 Å². The quantitative estimate of drug-likeness (QED) is 0.127. The molecule has 21 nitrogen and oxygen atoms in total. The number of cyclic esters (lactones) is 1. The molecule has 2 amide bonds. The van der Waals surface area contributed by atoms with Gasteiger partial charge in [-0.15, -0.1) is 0 Å². The molecule has 4 fully saturated rings. The Morgan fingerprint density at radius 2 is 1.57 bits per heavy atom. The predicted molar refractivity (Wildman–Crippen MR) is 302 cm³/mol. The second-order valence-electron chi connectivity index (χ2n) is 23.5. The SMILES string of the molecule is CO[C@H]1C[C@@H]2CC[C@@H](C)[C@@](O)(O2)C(=O)C(=O)N2CCCC[C@H]2C(=O)O[C@H]([C@H](N)C[C@@H]2CC[C@@H](OC(=O)NCc3cnc(N4CCN(C)CC4)nc3)[C@H](OC)C2)CC(=O)[C@H](C)/C=C(\C)[C@@H](O)[C@@H](O)C(=O)C(C)C[C@H](C)/C=C/C=C/C=C/1C. The van der Waals surface area contributed by atoms with E-state index < -0.39 is 114 Å². The van der Waals surface area contributed by atoms with E-state index >= 15 is 0 Å². The number of anilines is 1. The smallest absolute Gasteiger partial charge is 0.407 e. The number of alkyl carbamates (subject to hydrolysis) is 1. The molecule has 1 aromatic heterocycles. The summed E-state index contributed by atoms with van der Waals surface area (Å²) in [5, 5.41) is 37.2. The van der Waals surface area contributed by atoms with Gasteiger partial charge >= 0.3 is 12.1 Å². The zero-order chi connectivity index (χ0) is 59.1. The number of hydrogen-bond donors (Lipinski definition) is 5. The lowest BCUT2D eigenvalue weighted by Crippen LogP contribution is -2.61. The van der Waals surface area contributed by atoms with Crippen molar-refractivity contribution >= 4 is 41.3 Å². The van der Waals surface area contributed by atoms with Gasteiger partial charge in [-0.3, -0.25) is 19.2 Å². The van der Waals surface area contributed by atoms with Gasteiger partial charge in [0.1, 0.15) is 36.2 Å². The number of piperazine rings is 1. The zero-order valence-electron chi connectivity index (χ0n) is 49.1. The summed E-state index contributed by atoms with van der Waals surface area (Å²) in [5.41, 5.74) is 8.73. The molecule has 4 aliphatic heterocycles. The maximum Gasteiger partial charge on any atom is 0.407 e. The van der Waals surface area contributed by atoms with E-state index in [2.05, 4.69) is 32.1 Å². The number of Topliss-reactive ketones (excluding diaryl/α,β-unsaturated/α-hetero) is 3. The largest absolute Gasteiger partial charge is 0.459 e. The molecule has 0 spiro atoms. The maximum absolute atomic E-state index is 14.6. The average molecular weight is 1130 g/mol. The summed E-state index contributed by atoms with van der Waals surface area (Å²) in [4.78, 5) is 98.7. The Morgan fingerprint density at radius 3 is 2.26 bits per heavy atom. The van der Waals surface area contributed by atoms with Crippen molar-refractivity contribution in [3.05, 3.63) is 65.6 Å². The fourth-order valence-electron chi connectivity index (χ4n) is 11.8. The third kappa shape index (κ3) is 17.6. The van der Waals surface area contributed by atoms with Crippen molar-refractivity contribution in [3.63, 3.8) is 0 Å². The highest BCUT2D eigenvalue weighted by Gasteiger charge is 2.53. The number of rotatable bonds is 9. The average Bonchev–Trinajstić information content (AvgIpc) is 3.53. The van der Waals surface area contributed by atoms with Gasteiger partial charge in [0.25, 0.3) is 11.7 Å². The molecule has 6 rings (SSSR count). The van der Waals surface area contributed by atoms with E-state index in [0.29, 0.717) is 62.9 Å². The van der Waals surface area contributed by atoms with E-state index in [1.165, 1.54) is 20.1 Å². The van der Waals surface area contributed by atoms with Crippen molar-refractivity contribution < 1.29 is 67.8 Å². The van der Waals surface area contributed by atoms with E-state index in [1.54, 1.807) is 40.3 Å². The van der Waals surface area contributed by atoms with Gasteiger partial charge in [0.05, 0.1) is 18.3 Å². The summed E-state index contributed by atoms with van der Waals surface area (Å²) in [6, 6.07) is -2.20. The molecule has 0 radical (unpaired) electrons. The molecule has 2 bridgehead atoms. The summed E-state index contributed by atoms with van der Waals surface area (Å²) < 4.78 is 29.9. The molecule has 0 aromatic carbocycles. The number of allylic oxidation sites excluding steroid dienone is 6. The van der Waals surface area contributed by atoms with Crippen molar-refractivity contribution in [2.24, 2.45) is 35.3 Å². The number of piperidine rings is 1. The summed E-state index contributed by atoms with van der Waals surface area (Å²) in [5.74, 6) is -8.46. The molecule has 1 aliphatic carbocycles. The third-order valence-electron chi connectivity index (χ3n) is 17.1. The number of aliphatic hydroxyl groups is 3. The van der Waals surface area contributed by atoms with Crippen molar-refractivity contribution in [1.82, 2.24) is 25.1 Å². The molecule has 1 saturated carbocycles. The molecule has 1 aromatic rings. The summed E-state index contributed by atoms with van der Waals surface area (Å²) in [6.07, 6.45) is 10.6. The fourth-order valence-corrected chi connectivity index (χ4v) is 11.8. The number of ketones is 3. The van der Waals surface area contributed by atoms with Crippen LogP contribution in [0.3, 0.4) is 0 Å². The Morgan fingerprint density at radius 1 is 0.852 bits per heavy atom. The number of methoxy groups -OCH3 is 2. The summed E-state index contributed by atoms with van der Waals surface area (Å²) in [7, 11) is 5.16. The van der Waals surface area contributed by atoms with Gasteiger partial charge in [0.2, 0.25) is 11.7 Å². The lowest BCUT2D eigenvalue weighted by Gasteiger charge is -2.42. The number of hydrogen-bond acceptors (Lipinski definition) is 19. The number of carbonyl (C=O) groups excluding carboxylic acids is 6. The van der Waals surface area contributed by atoms with Crippen LogP contribution in [-0.4, -0.2) is 185 Å². The number of nitrogens with zero attached hydrogens (tertiary/aromatic N) is 5. The number of nitrogens with two attached hydrogens (primary N) is 1. The predicted octanol–water partition coefficient (Wildman–Crippen LogP) is 4.69. The number of fused-ring (bicyclic) bond motifs is 3. The second kappa shape index (κ2) is 30.3.